The topological polar surface area (TPSA) is 15.7 Å². The van der Waals surface area contributed by atoms with Gasteiger partial charge in [0.15, 0.2) is 0 Å². The molecule has 0 aromatic heterocycles. The highest BCUT2D eigenvalue weighted by atomic mass is 16.5. The van der Waals surface area contributed by atoms with E-state index in [1.54, 1.807) is 0 Å². The number of hydrogen-bond donors (Lipinski definition) is 0. The smallest absolute Gasteiger partial charge is 0.0685 e. The summed E-state index contributed by atoms with van der Waals surface area (Å²) in [5.74, 6) is 0. The maximum Gasteiger partial charge on any atom is 0.0685 e. The van der Waals surface area contributed by atoms with Crippen LogP contribution < -0.4 is 0 Å². The number of piperazine rings is 1. The van der Waals surface area contributed by atoms with E-state index in [9.17, 15) is 0 Å². The Bertz CT molecular complexity index is 219. The Hall–Kier alpha value is -0.120. The summed E-state index contributed by atoms with van der Waals surface area (Å²) in [7, 11) is 4.01. The molecule has 0 radical (unpaired) electrons. The van der Waals surface area contributed by atoms with E-state index in [1.807, 2.05) is 21.0 Å². The highest BCUT2D eigenvalue weighted by Gasteiger charge is 2.38. The Kier molecular flexibility index (Phi) is 7.41. The van der Waals surface area contributed by atoms with Gasteiger partial charge in [0.2, 0.25) is 0 Å². The van der Waals surface area contributed by atoms with Crippen LogP contribution in [-0.4, -0.2) is 62.3 Å². The molecule has 1 aliphatic rings. The third-order valence-corrected chi connectivity index (χ3v) is 4.35. The molecular weight excluding hydrogens is 224 g/mol. The largest absolute Gasteiger partial charge is 0.378 e. The Morgan fingerprint density at radius 1 is 0.944 bits per heavy atom. The van der Waals surface area contributed by atoms with E-state index < -0.39 is 0 Å². The van der Waals surface area contributed by atoms with E-state index in [0.29, 0.717) is 0 Å². The van der Waals surface area contributed by atoms with Gasteiger partial charge in [-0.1, -0.05) is 27.7 Å². The zero-order valence-corrected chi connectivity index (χ0v) is 13.8. The quantitative estimate of drug-likeness (QED) is 0.771. The van der Waals surface area contributed by atoms with Crippen LogP contribution in [0.3, 0.4) is 0 Å². The van der Waals surface area contributed by atoms with Gasteiger partial charge >= 0.3 is 0 Å². The second kappa shape index (κ2) is 7.46. The average molecular weight is 258 g/mol. The van der Waals surface area contributed by atoms with Crippen molar-refractivity contribution in [2.75, 3.05) is 46.9 Å². The molecule has 3 nitrogen and oxygen atoms in total. The SMILES string of the molecule is CC.COC(C)(C)C(C)(C)CN1CCN(C)CC1. The summed E-state index contributed by atoms with van der Waals surface area (Å²) in [6.45, 7) is 18.8. The van der Waals surface area contributed by atoms with Crippen LogP contribution in [0.2, 0.25) is 0 Å². The molecule has 0 bridgehead atoms. The van der Waals surface area contributed by atoms with E-state index in [4.69, 9.17) is 4.74 Å². The minimum atomic E-state index is -0.0731. The molecule has 1 heterocycles. The second-order valence-electron chi connectivity index (χ2n) is 6.18. The Balaban J connectivity index is 0.00000137. The first-order chi connectivity index (χ1) is 8.28. The molecular formula is C15H34N2O. The molecule has 0 N–H and O–H groups in total. The van der Waals surface area contributed by atoms with E-state index >= 15 is 0 Å². The van der Waals surface area contributed by atoms with Gasteiger partial charge in [-0.15, -0.1) is 0 Å². The molecule has 3 heteroatoms. The van der Waals surface area contributed by atoms with Gasteiger partial charge in [0.1, 0.15) is 0 Å². The van der Waals surface area contributed by atoms with Crippen LogP contribution in [-0.2, 0) is 4.74 Å². The standard InChI is InChI=1S/C13H28N2O.C2H6/c1-12(2,13(3,4)16-6)11-15-9-7-14(5)8-10-15;1-2/h7-11H2,1-6H3;1-2H3. The number of methoxy groups -OCH3 is 1. The van der Waals surface area contributed by atoms with Crippen molar-refractivity contribution < 1.29 is 4.74 Å². The maximum absolute atomic E-state index is 5.63. The first-order valence-electron chi connectivity index (χ1n) is 7.24. The van der Waals surface area contributed by atoms with Crippen LogP contribution in [0, 0.1) is 5.41 Å². The molecule has 0 unspecified atom stereocenters. The average Bonchev–Trinajstić information content (AvgIpc) is 2.34. The lowest BCUT2D eigenvalue weighted by molar-refractivity contribution is -0.0860. The summed E-state index contributed by atoms with van der Waals surface area (Å²) in [5.41, 5.74) is 0.105. The molecule has 0 saturated carbocycles. The Labute approximate surface area is 114 Å². The summed E-state index contributed by atoms with van der Waals surface area (Å²) in [4.78, 5) is 4.95. The first-order valence-corrected chi connectivity index (χ1v) is 7.24. The van der Waals surface area contributed by atoms with Gasteiger partial charge in [-0.05, 0) is 20.9 Å². The molecule has 110 valence electrons. The second-order valence-corrected chi connectivity index (χ2v) is 6.18. The predicted molar refractivity (Wildman–Crippen MR) is 80.2 cm³/mol. The molecule has 0 aromatic rings. The van der Waals surface area contributed by atoms with E-state index in [-0.39, 0.29) is 11.0 Å². The van der Waals surface area contributed by atoms with E-state index in [0.717, 1.165) is 6.54 Å². The Morgan fingerprint density at radius 2 is 1.39 bits per heavy atom. The minimum absolute atomic E-state index is 0.0731. The predicted octanol–water partition coefficient (Wildman–Crippen LogP) is 2.71. The van der Waals surface area contributed by atoms with Crippen molar-refractivity contribution in [3.8, 4) is 0 Å². The molecule has 18 heavy (non-hydrogen) atoms. The van der Waals surface area contributed by atoms with Crippen molar-refractivity contribution in [1.82, 2.24) is 9.80 Å². The van der Waals surface area contributed by atoms with E-state index in [2.05, 4.69) is 44.5 Å². The summed E-state index contributed by atoms with van der Waals surface area (Å²) in [6.07, 6.45) is 0. The van der Waals surface area contributed by atoms with Gasteiger partial charge in [-0.2, -0.15) is 0 Å². The molecule has 0 amide bonds. The normalized spacial score (nSPS) is 19.3. The lowest BCUT2D eigenvalue weighted by Crippen LogP contribution is -2.53. The molecule has 0 spiro atoms. The van der Waals surface area contributed by atoms with Crippen LogP contribution in [0.5, 0.6) is 0 Å². The highest BCUT2D eigenvalue weighted by Crippen LogP contribution is 2.34. The number of likely N-dealkylation sites (N-methyl/N-ethyl adjacent to an activating group) is 1. The lowest BCUT2D eigenvalue weighted by atomic mass is 9.76. The fourth-order valence-corrected chi connectivity index (χ4v) is 2.03. The maximum atomic E-state index is 5.63. The summed E-state index contributed by atoms with van der Waals surface area (Å²) in [6, 6.07) is 0. The van der Waals surface area contributed by atoms with Crippen LogP contribution in [0.25, 0.3) is 0 Å². The molecule has 1 saturated heterocycles. The summed E-state index contributed by atoms with van der Waals surface area (Å²) < 4.78 is 5.63. The van der Waals surface area contributed by atoms with Crippen molar-refractivity contribution in [3.05, 3.63) is 0 Å². The minimum Gasteiger partial charge on any atom is -0.378 e. The number of nitrogens with zero attached hydrogens (tertiary/aromatic N) is 2. The first kappa shape index (κ1) is 17.9. The van der Waals surface area contributed by atoms with Crippen molar-refractivity contribution >= 4 is 0 Å². The monoisotopic (exact) mass is 258 g/mol. The van der Waals surface area contributed by atoms with Crippen LogP contribution in [0.15, 0.2) is 0 Å². The van der Waals surface area contributed by atoms with Gasteiger partial charge in [0.25, 0.3) is 0 Å². The van der Waals surface area contributed by atoms with Crippen LogP contribution in [0.4, 0.5) is 0 Å². The van der Waals surface area contributed by atoms with Gasteiger partial charge in [-0.3, -0.25) is 0 Å². The number of ether oxygens (including phenoxy) is 1. The molecule has 1 rings (SSSR count). The van der Waals surface area contributed by atoms with Crippen molar-refractivity contribution in [2.45, 2.75) is 47.1 Å². The third kappa shape index (κ3) is 4.87. The van der Waals surface area contributed by atoms with E-state index in [1.165, 1.54) is 26.2 Å². The number of hydrogen-bond acceptors (Lipinski definition) is 3. The summed E-state index contributed by atoms with van der Waals surface area (Å²) in [5, 5.41) is 0. The van der Waals surface area contributed by atoms with Crippen LogP contribution in [0.1, 0.15) is 41.5 Å². The fourth-order valence-electron chi connectivity index (χ4n) is 2.03. The van der Waals surface area contributed by atoms with Gasteiger partial charge < -0.3 is 14.5 Å². The van der Waals surface area contributed by atoms with Gasteiger partial charge in [-0.25, -0.2) is 0 Å². The van der Waals surface area contributed by atoms with Gasteiger partial charge in [0, 0.05) is 45.2 Å². The number of rotatable bonds is 4. The van der Waals surface area contributed by atoms with Crippen molar-refractivity contribution in [1.29, 1.82) is 0 Å². The van der Waals surface area contributed by atoms with Crippen LogP contribution >= 0.6 is 0 Å². The van der Waals surface area contributed by atoms with Crippen molar-refractivity contribution in [2.24, 2.45) is 5.41 Å². The van der Waals surface area contributed by atoms with Gasteiger partial charge in [0.05, 0.1) is 5.60 Å². The zero-order chi connectivity index (χ0) is 14.4. The molecule has 1 fully saturated rings. The molecule has 0 atom stereocenters. The third-order valence-electron chi connectivity index (χ3n) is 4.35. The summed E-state index contributed by atoms with van der Waals surface area (Å²) >= 11 is 0. The molecule has 0 aromatic carbocycles. The fraction of sp³-hybridized carbons (Fsp3) is 1.00. The highest BCUT2D eigenvalue weighted by molar-refractivity contribution is 4.90. The lowest BCUT2D eigenvalue weighted by Gasteiger charge is -2.45. The Morgan fingerprint density at radius 3 is 1.78 bits per heavy atom. The van der Waals surface area contributed by atoms with Crippen molar-refractivity contribution in [3.63, 3.8) is 0 Å². The zero-order valence-electron chi connectivity index (χ0n) is 13.8. The molecule has 0 aliphatic carbocycles. The molecule has 1 aliphatic heterocycles.